The molecule has 5 heteroatoms. The Morgan fingerprint density at radius 3 is 2.95 bits per heavy atom. The van der Waals surface area contributed by atoms with Crippen molar-refractivity contribution in [1.82, 2.24) is 10.1 Å². The quantitative estimate of drug-likeness (QED) is 0.860. The molecule has 1 saturated heterocycles. The summed E-state index contributed by atoms with van der Waals surface area (Å²) < 4.78 is 6.55. The fourth-order valence-electron chi connectivity index (χ4n) is 2.97. The smallest absolute Gasteiger partial charge is 0.154 e. The lowest BCUT2D eigenvalue weighted by Crippen LogP contribution is -2.22. The highest BCUT2D eigenvalue weighted by Crippen LogP contribution is 2.35. The van der Waals surface area contributed by atoms with Gasteiger partial charge in [0.15, 0.2) is 5.76 Å². The molecule has 2 aromatic rings. The third-order valence-corrected chi connectivity index (χ3v) is 4.74. The summed E-state index contributed by atoms with van der Waals surface area (Å²) in [6, 6.07) is 7.89. The number of phenols is 1. The molecule has 1 aromatic heterocycles. The zero-order valence-corrected chi connectivity index (χ0v) is 14.5. The van der Waals surface area contributed by atoms with Gasteiger partial charge in [-0.25, -0.2) is 0 Å². The van der Waals surface area contributed by atoms with Crippen LogP contribution in [0, 0.1) is 0 Å². The van der Waals surface area contributed by atoms with Crippen LogP contribution in [0.25, 0.3) is 0 Å². The van der Waals surface area contributed by atoms with E-state index in [9.17, 15) is 5.11 Å². The highest BCUT2D eigenvalue weighted by atomic mass is 79.9. The standard InChI is InChI=1S/C17H21BrN2O2/c1-11(2)14-9-17(22-19-14)15-4-3-7-20(15)10-12-8-13(18)5-6-16(12)21/h5-6,8-9,11,15,21H,3-4,7,10H2,1-2H3/t15-/m0/s1. The van der Waals surface area contributed by atoms with Crippen LogP contribution in [0.4, 0.5) is 0 Å². The molecule has 1 fully saturated rings. The molecule has 3 rings (SSSR count). The summed E-state index contributed by atoms with van der Waals surface area (Å²) in [6.07, 6.45) is 2.21. The Hall–Kier alpha value is -1.33. The number of aromatic nitrogens is 1. The maximum absolute atomic E-state index is 10.0. The van der Waals surface area contributed by atoms with E-state index in [-0.39, 0.29) is 6.04 Å². The molecule has 2 heterocycles. The number of rotatable bonds is 4. The average molecular weight is 365 g/mol. The van der Waals surface area contributed by atoms with Crippen LogP contribution >= 0.6 is 15.9 Å². The van der Waals surface area contributed by atoms with Crippen LogP contribution in [-0.2, 0) is 6.54 Å². The number of likely N-dealkylation sites (tertiary alicyclic amines) is 1. The van der Waals surface area contributed by atoms with Gasteiger partial charge < -0.3 is 9.63 Å². The Bertz CT molecular complexity index is 654. The first-order chi connectivity index (χ1) is 10.5. The lowest BCUT2D eigenvalue weighted by atomic mass is 10.1. The van der Waals surface area contributed by atoms with Gasteiger partial charge in [0.05, 0.1) is 11.7 Å². The van der Waals surface area contributed by atoms with E-state index < -0.39 is 0 Å². The first kappa shape index (κ1) is 15.6. The molecule has 1 aliphatic rings. The van der Waals surface area contributed by atoms with Crippen molar-refractivity contribution in [2.75, 3.05) is 6.54 Å². The maximum Gasteiger partial charge on any atom is 0.154 e. The first-order valence-electron chi connectivity index (χ1n) is 7.72. The van der Waals surface area contributed by atoms with Gasteiger partial charge in [-0.2, -0.15) is 0 Å². The van der Waals surface area contributed by atoms with Crippen molar-refractivity contribution in [2.24, 2.45) is 0 Å². The van der Waals surface area contributed by atoms with Crippen LogP contribution in [0.2, 0.25) is 0 Å². The normalized spacial score (nSPS) is 19.2. The van der Waals surface area contributed by atoms with Crippen molar-refractivity contribution >= 4 is 15.9 Å². The highest BCUT2D eigenvalue weighted by Gasteiger charge is 2.30. The predicted molar refractivity (Wildman–Crippen MR) is 88.8 cm³/mol. The predicted octanol–water partition coefficient (Wildman–Crippen LogP) is 4.60. The molecular formula is C17H21BrN2O2. The van der Waals surface area contributed by atoms with E-state index in [1.807, 2.05) is 12.1 Å². The van der Waals surface area contributed by atoms with Gasteiger partial charge in [-0.05, 0) is 43.5 Å². The van der Waals surface area contributed by atoms with E-state index in [0.29, 0.717) is 18.2 Å². The second-order valence-electron chi connectivity index (χ2n) is 6.21. The third kappa shape index (κ3) is 3.20. The van der Waals surface area contributed by atoms with Gasteiger partial charge in [0.1, 0.15) is 5.75 Å². The van der Waals surface area contributed by atoms with Gasteiger partial charge in [0.2, 0.25) is 0 Å². The van der Waals surface area contributed by atoms with E-state index in [1.54, 1.807) is 6.07 Å². The van der Waals surface area contributed by atoms with Crippen molar-refractivity contribution < 1.29 is 9.63 Å². The van der Waals surface area contributed by atoms with Crippen LogP contribution in [0.3, 0.4) is 0 Å². The summed E-state index contributed by atoms with van der Waals surface area (Å²) in [5.41, 5.74) is 1.94. The monoisotopic (exact) mass is 364 g/mol. The van der Waals surface area contributed by atoms with Gasteiger partial charge in [-0.15, -0.1) is 0 Å². The zero-order valence-electron chi connectivity index (χ0n) is 12.9. The van der Waals surface area contributed by atoms with E-state index in [1.165, 1.54) is 0 Å². The summed E-state index contributed by atoms with van der Waals surface area (Å²) in [5, 5.41) is 14.2. The number of aromatic hydroxyl groups is 1. The molecule has 0 radical (unpaired) electrons. The van der Waals surface area contributed by atoms with Gasteiger partial charge >= 0.3 is 0 Å². The minimum Gasteiger partial charge on any atom is -0.508 e. The number of hydrogen-bond acceptors (Lipinski definition) is 4. The van der Waals surface area contributed by atoms with Gasteiger partial charge in [-0.3, -0.25) is 4.90 Å². The maximum atomic E-state index is 10.0. The molecule has 1 atom stereocenters. The highest BCUT2D eigenvalue weighted by molar-refractivity contribution is 9.10. The number of nitrogens with zero attached hydrogens (tertiary/aromatic N) is 2. The van der Waals surface area contributed by atoms with Crippen molar-refractivity contribution in [3.8, 4) is 5.75 Å². The number of benzene rings is 1. The average Bonchev–Trinajstić information content (AvgIpc) is 3.11. The Morgan fingerprint density at radius 2 is 2.23 bits per heavy atom. The van der Waals surface area contributed by atoms with Crippen LogP contribution in [0.1, 0.15) is 55.7 Å². The largest absolute Gasteiger partial charge is 0.508 e. The molecule has 0 unspecified atom stereocenters. The third-order valence-electron chi connectivity index (χ3n) is 4.25. The topological polar surface area (TPSA) is 49.5 Å². The zero-order chi connectivity index (χ0) is 15.7. The minimum atomic E-state index is 0.249. The van der Waals surface area contributed by atoms with Crippen molar-refractivity contribution in [1.29, 1.82) is 0 Å². The summed E-state index contributed by atoms with van der Waals surface area (Å²) in [5.74, 6) is 1.66. The summed E-state index contributed by atoms with van der Waals surface area (Å²) in [6.45, 7) is 5.96. The fourth-order valence-corrected chi connectivity index (χ4v) is 3.38. The van der Waals surface area contributed by atoms with Crippen LogP contribution in [0.15, 0.2) is 33.3 Å². The second-order valence-corrected chi connectivity index (χ2v) is 7.13. The molecule has 1 aromatic carbocycles. The number of halogens is 1. The number of phenolic OH excluding ortho intramolecular Hbond substituents is 1. The molecule has 0 saturated carbocycles. The van der Waals surface area contributed by atoms with Gasteiger partial charge in [0, 0.05) is 22.6 Å². The second kappa shape index (κ2) is 6.42. The molecule has 1 aliphatic heterocycles. The Morgan fingerprint density at radius 1 is 1.41 bits per heavy atom. The van der Waals surface area contributed by atoms with E-state index in [0.717, 1.165) is 40.9 Å². The molecular weight excluding hydrogens is 344 g/mol. The van der Waals surface area contributed by atoms with Crippen molar-refractivity contribution in [3.05, 3.63) is 45.8 Å². The SMILES string of the molecule is CC(C)c1cc([C@@H]2CCCN2Cc2cc(Br)ccc2O)on1. The van der Waals surface area contributed by atoms with E-state index in [4.69, 9.17) is 4.52 Å². The first-order valence-corrected chi connectivity index (χ1v) is 8.52. The summed E-state index contributed by atoms with van der Waals surface area (Å²) >= 11 is 3.47. The van der Waals surface area contributed by atoms with Crippen molar-refractivity contribution in [2.45, 2.75) is 45.2 Å². The fraction of sp³-hybridized carbons (Fsp3) is 0.471. The van der Waals surface area contributed by atoms with E-state index in [2.05, 4.69) is 45.9 Å². The van der Waals surface area contributed by atoms with Gasteiger partial charge in [-0.1, -0.05) is 34.9 Å². The molecule has 1 N–H and O–H groups in total. The molecule has 0 aliphatic carbocycles. The molecule has 0 amide bonds. The molecule has 0 bridgehead atoms. The Balaban J connectivity index is 1.79. The molecule has 0 spiro atoms. The molecule has 118 valence electrons. The Labute approximate surface area is 139 Å². The van der Waals surface area contributed by atoms with Gasteiger partial charge in [0.25, 0.3) is 0 Å². The lowest BCUT2D eigenvalue weighted by Gasteiger charge is -2.22. The minimum absolute atomic E-state index is 0.249. The van der Waals surface area contributed by atoms with E-state index >= 15 is 0 Å². The van der Waals surface area contributed by atoms with Crippen LogP contribution in [0.5, 0.6) is 5.75 Å². The molecule has 22 heavy (non-hydrogen) atoms. The Kier molecular flexibility index (Phi) is 4.54. The summed E-state index contributed by atoms with van der Waals surface area (Å²) in [4.78, 5) is 2.35. The number of hydrogen-bond donors (Lipinski definition) is 1. The summed E-state index contributed by atoms with van der Waals surface area (Å²) in [7, 11) is 0. The van der Waals surface area contributed by atoms with Crippen molar-refractivity contribution in [3.63, 3.8) is 0 Å². The molecule has 4 nitrogen and oxygen atoms in total. The van der Waals surface area contributed by atoms with Crippen LogP contribution in [-0.4, -0.2) is 21.7 Å². The van der Waals surface area contributed by atoms with Crippen LogP contribution < -0.4 is 0 Å². The lowest BCUT2D eigenvalue weighted by molar-refractivity contribution is 0.204.